The minimum atomic E-state index is 0.822. The van der Waals surface area contributed by atoms with Crippen LogP contribution in [0.4, 0.5) is 17.1 Å². The molecular weight excluding hydrogens is 684 g/mol. The van der Waals surface area contributed by atoms with Crippen molar-refractivity contribution < 1.29 is 0 Å². The van der Waals surface area contributed by atoms with Gasteiger partial charge in [-0.3, -0.25) is 0 Å². The Morgan fingerprint density at radius 2 is 0.627 bits per heavy atom. The lowest BCUT2D eigenvalue weighted by Crippen LogP contribution is -1.90. The molecule has 0 atom stereocenters. The largest absolute Gasteiger partial charge is 0.399 e. The quantitative estimate of drug-likeness (QED) is 0.138. The molecule has 3 heteroatoms. The van der Waals surface area contributed by atoms with Gasteiger partial charge in [-0.25, -0.2) is 0 Å². The van der Waals surface area contributed by atoms with Crippen LogP contribution >= 0.6 is 15.9 Å². The smallest absolute Gasteiger partial charge is 0.0390 e. The van der Waals surface area contributed by atoms with Gasteiger partial charge in [0.05, 0.1) is 0 Å². The zero-order valence-corrected chi connectivity index (χ0v) is 29.5. The molecule has 0 saturated heterocycles. The van der Waals surface area contributed by atoms with Crippen molar-refractivity contribution in [1.29, 1.82) is 0 Å². The first kappa shape index (κ1) is 32.1. The van der Waals surface area contributed by atoms with Crippen LogP contribution in [0, 0.1) is 0 Å². The molecule has 0 aliphatic rings. The maximum absolute atomic E-state index is 5.36. The summed E-state index contributed by atoms with van der Waals surface area (Å²) in [5.74, 6) is 0. The van der Waals surface area contributed by atoms with E-state index in [-0.39, 0.29) is 0 Å². The van der Waals surface area contributed by atoms with Gasteiger partial charge < -0.3 is 11.1 Å². The van der Waals surface area contributed by atoms with E-state index in [4.69, 9.17) is 5.73 Å². The Balaban J connectivity index is 0.000000126. The number of hydrogen-bond acceptors (Lipinski definition) is 2. The zero-order valence-electron chi connectivity index (χ0n) is 27.9. The number of hydrogen-bond donors (Lipinski definition) is 2. The third-order valence-corrected chi connectivity index (χ3v) is 9.81. The molecule has 0 saturated carbocycles. The highest BCUT2D eigenvalue weighted by Gasteiger charge is 2.09. The van der Waals surface area contributed by atoms with E-state index in [0.717, 1.165) is 21.5 Å². The number of anilines is 3. The van der Waals surface area contributed by atoms with Crippen molar-refractivity contribution in [1.82, 2.24) is 0 Å². The maximum atomic E-state index is 5.36. The lowest BCUT2D eigenvalue weighted by molar-refractivity contribution is 1.57. The molecule has 2 nitrogen and oxygen atoms in total. The second-order valence-corrected chi connectivity index (χ2v) is 13.4. The number of nitrogens with two attached hydrogens (primary N) is 1. The molecule has 0 aliphatic carbocycles. The van der Waals surface area contributed by atoms with Gasteiger partial charge in [0.15, 0.2) is 0 Å². The van der Waals surface area contributed by atoms with Crippen LogP contribution in [0.3, 0.4) is 0 Å². The monoisotopic (exact) mass is 718 g/mol. The average Bonchev–Trinajstić information content (AvgIpc) is 3.19. The topological polar surface area (TPSA) is 38.0 Å². The molecule has 0 spiro atoms. The number of benzene rings is 10. The molecule has 0 heterocycles. The fourth-order valence-corrected chi connectivity index (χ4v) is 7.37. The standard InChI is InChI=1S/C24H17N.C18H11Br.C6H7N/c1-2-8-17(9-3-1)25-18-14-15-23-21-12-5-4-10-19(21)20-11-6-7-13-22(20)24(23)16-18;19-12-9-10-17-15-7-2-1-5-13(15)14-6-3-4-8-16(14)18(17)11-12;7-6-4-2-1-3-5-6/h1-16,25H;1-11H;1-5H,7H2. The maximum Gasteiger partial charge on any atom is 0.0390 e. The SMILES string of the molecule is Brc1ccc2c3ccccc3c3ccccc3c2c1.Nc1ccccc1.c1ccc(Nc2ccc3c4ccccc4c4ccccc4c3c2)cc1. The van der Waals surface area contributed by atoms with Crippen LogP contribution in [-0.2, 0) is 0 Å². The Labute approximate surface area is 305 Å². The van der Waals surface area contributed by atoms with Crippen molar-refractivity contribution in [3.63, 3.8) is 0 Å². The van der Waals surface area contributed by atoms with Crippen molar-refractivity contribution in [3.8, 4) is 0 Å². The van der Waals surface area contributed by atoms with Gasteiger partial charge in [0, 0.05) is 21.5 Å². The third-order valence-electron chi connectivity index (χ3n) is 9.31. The Hall–Kier alpha value is -6.16. The van der Waals surface area contributed by atoms with E-state index in [2.05, 4.69) is 167 Å². The summed E-state index contributed by atoms with van der Waals surface area (Å²) >= 11 is 3.58. The molecule has 10 aromatic rings. The summed E-state index contributed by atoms with van der Waals surface area (Å²) in [7, 11) is 0. The Morgan fingerprint density at radius 1 is 0.294 bits per heavy atom. The first-order valence-electron chi connectivity index (χ1n) is 17.1. The van der Waals surface area contributed by atoms with Gasteiger partial charge in [-0.2, -0.15) is 0 Å². The Morgan fingerprint density at radius 3 is 1.04 bits per heavy atom. The van der Waals surface area contributed by atoms with E-state index in [1.807, 2.05) is 48.5 Å². The van der Waals surface area contributed by atoms with Crippen LogP contribution in [0.1, 0.15) is 0 Å². The molecule has 244 valence electrons. The number of nitrogen functional groups attached to an aromatic ring is 1. The molecule has 10 aromatic carbocycles. The second-order valence-electron chi connectivity index (χ2n) is 12.5. The number of nitrogens with one attached hydrogen (secondary N) is 1. The first-order chi connectivity index (χ1) is 25.1. The van der Waals surface area contributed by atoms with E-state index >= 15 is 0 Å². The predicted octanol–water partition coefficient (Wildman–Crippen LogP) is 14.1. The van der Waals surface area contributed by atoms with Gasteiger partial charge in [-0.15, -0.1) is 0 Å². The molecule has 0 unspecified atom stereocenters. The van der Waals surface area contributed by atoms with Gasteiger partial charge in [-0.05, 0) is 113 Å². The normalized spacial score (nSPS) is 10.9. The van der Waals surface area contributed by atoms with E-state index < -0.39 is 0 Å². The van der Waals surface area contributed by atoms with Crippen molar-refractivity contribution >= 4 is 97.6 Å². The van der Waals surface area contributed by atoms with Gasteiger partial charge >= 0.3 is 0 Å². The Kier molecular flexibility index (Phi) is 9.03. The molecular formula is C48H35BrN2. The van der Waals surface area contributed by atoms with Crippen LogP contribution < -0.4 is 11.1 Å². The van der Waals surface area contributed by atoms with Gasteiger partial charge in [-0.1, -0.05) is 162 Å². The highest BCUT2D eigenvalue weighted by molar-refractivity contribution is 9.10. The van der Waals surface area contributed by atoms with Gasteiger partial charge in [0.25, 0.3) is 0 Å². The van der Waals surface area contributed by atoms with E-state index in [0.29, 0.717) is 0 Å². The van der Waals surface area contributed by atoms with E-state index in [9.17, 15) is 0 Å². The molecule has 0 aromatic heterocycles. The molecule has 0 radical (unpaired) electrons. The lowest BCUT2D eigenvalue weighted by Gasteiger charge is -2.12. The van der Waals surface area contributed by atoms with Crippen molar-refractivity contribution in [3.05, 3.63) is 199 Å². The highest BCUT2D eigenvalue weighted by Crippen LogP contribution is 2.37. The molecule has 0 amide bonds. The van der Waals surface area contributed by atoms with Crippen LogP contribution in [0.15, 0.2) is 199 Å². The second kappa shape index (κ2) is 14.4. The van der Waals surface area contributed by atoms with Gasteiger partial charge in [0.1, 0.15) is 0 Å². The van der Waals surface area contributed by atoms with Crippen molar-refractivity contribution in [2.75, 3.05) is 11.1 Å². The van der Waals surface area contributed by atoms with Crippen molar-refractivity contribution in [2.45, 2.75) is 0 Å². The summed E-state index contributed by atoms with van der Waals surface area (Å²) in [6, 6.07) is 67.6. The summed E-state index contributed by atoms with van der Waals surface area (Å²) in [5, 5.41) is 19.2. The third kappa shape index (κ3) is 6.60. The van der Waals surface area contributed by atoms with Crippen molar-refractivity contribution in [2.24, 2.45) is 0 Å². The number of para-hydroxylation sites is 2. The van der Waals surface area contributed by atoms with E-state index in [1.165, 1.54) is 64.6 Å². The number of halogens is 1. The lowest BCUT2D eigenvalue weighted by atomic mass is 9.94. The Bertz CT molecular complexity index is 2720. The average molecular weight is 720 g/mol. The fourth-order valence-electron chi connectivity index (χ4n) is 7.01. The molecule has 0 aliphatic heterocycles. The summed E-state index contributed by atoms with van der Waals surface area (Å²) in [6.45, 7) is 0. The molecule has 51 heavy (non-hydrogen) atoms. The van der Waals surface area contributed by atoms with Crippen LogP contribution in [0.2, 0.25) is 0 Å². The predicted molar refractivity (Wildman–Crippen MR) is 226 cm³/mol. The number of fused-ring (bicyclic) bond motifs is 12. The first-order valence-corrected chi connectivity index (χ1v) is 17.9. The minimum absolute atomic E-state index is 0.822. The van der Waals surface area contributed by atoms with E-state index in [1.54, 1.807) is 0 Å². The summed E-state index contributed by atoms with van der Waals surface area (Å²) < 4.78 is 1.13. The number of rotatable bonds is 2. The summed E-state index contributed by atoms with van der Waals surface area (Å²) in [6.07, 6.45) is 0. The summed E-state index contributed by atoms with van der Waals surface area (Å²) in [5.41, 5.74) is 8.39. The highest BCUT2D eigenvalue weighted by atomic mass is 79.9. The summed E-state index contributed by atoms with van der Waals surface area (Å²) in [4.78, 5) is 0. The zero-order chi connectivity index (χ0) is 34.6. The van der Waals surface area contributed by atoms with Crippen LogP contribution in [0.5, 0.6) is 0 Å². The molecule has 3 N–H and O–H groups in total. The fraction of sp³-hybridized carbons (Fsp3) is 0. The molecule has 10 rings (SSSR count). The van der Waals surface area contributed by atoms with Gasteiger partial charge in [0.2, 0.25) is 0 Å². The molecule has 0 fully saturated rings. The van der Waals surface area contributed by atoms with Crippen LogP contribution in [0.25, 0.3) is 64.6 Å². The van der Waals surface area contributed by atoms with Crippen LogP contribution in [-0.4, -0.2) is 0 Å². The minimum Gasteiger partial charge on any atom is -0.399 e. The molecule has 0 bridgehead atoms.